The van der Waals surface area contributed by atoms with Gasteiger partial charge in [-0.1, -0.05) is 6.92 Å². The first kappa shape index (κ1) is 14.8. The first-order valence-corrected chi connectivity index (χ1v) is 7.65. The van der Waals surface area contributed by atoms with E-state index in [4.69, 9.17) is 4.74 Å². The number of nitrogens with one attached hydrogen (secondary N) is 1. The molecule has 0 saturated carbocycles. The summed E-state index contributed by atoms with van der Waals surface area (Å²) in [6, 6.07) is 0. The Kier molecular flexibility index (Phi) is 5.22. The van der Waals surface area contributed by atoms with Crippen LogP contribution in [0.4, 0.5) is 0 Å². The first-order chi connectivity index (χ1) is 9.10. The number of rotatable bonds is 5. The standard InChI is InChI=1S/C15H28N2O2/c1-15(6-9-17(2)10-7-15)14(18)16-8-3-4-13-5-11-19-12-13/h13H,3-12H2,1-2H3,(H,16,18). The summed E-state index contributed by atoms with van der Waals surface area (Å²) in [5.41, 5.74) is -0.150. The minimum Gasteiger partial charge on any atom is -0.381 e. The molecule has 0 aromatic carbocycles. The van der Waals surface area contributed by atoms with Gasteiger partial charge in [-0.3, -0.25) is 4.79 Å². The Bertz CT molecular complexity index is 293. The maximum atomic E-state index is 12.3. The summed E-state index contributed by atoms with van der Waals surface area (Å²) in [7, 11) is 2.13. The summed E-state index contributed by atoms with van der Waals surface area (Å²) in [4.78, 5) is 14.6. The molecule has 2 saturated heterocycles. The molecule has 0 spiro atoms. The second kappa shape index (κ2) is 6.71. The number of ether oxygens (including phenoxy) is 1. The van der Waals surface area contributed by atoms with Crippen molar-refractivity contribution >= 4 is 5.91 Å². The predicted octanol–water partition coefficient (Wildman–Crippen LogP) is 1.65. The van der Waals surface area contributed by atoms with E-state index in [9.17, 15) is 4.79 Å². The SMILES string of the molecule is CN1CCC(C)(C(=O)NCCCC2CCOC2)CC1. The third kappa shape index (κ3) is 4.18. The lowest BCUT2D eigenvalue weighted by atomic mass is 9.79. The first-order valence-electron chi connectivity index (χ1n) is 7.65. The van der Waals surface area contributed by atoms with Crippen molar-refractivity contribution in [3.8, 4) is 0 Å². The number of carbonyl (C=O) groups excluding carboxylic acids is 1. The summed E-state index contributed by atoms with van der Waals surface area (Å²) in [6.45, 7) is 6.83. The highest BCUT2D eigenvalue weighted by Crippen LogP contribution is 2.30. The zero-order valence-corrected chi connectivity index (χ0v) is 12.4. The van der Waals surface area contributed by atoms with Crippen LogP contribution < -0.4 is 5.32 Å². The van der Waals surface area contributed by atoms with Gasteiger partial charge < -0.3 is 15.0 Å². The number of likely N-dealkylation sites (tertiary alicyclic amines) is 1. The van der Waals surface area contributed by atoms with Crippen LogP contribution in [0.3, 0.4) is 0 Å². The number of hydrogen-bond acceptors (Lipinski definition) is 3. The van der Waals surface area contributed by atoms with Crippen LogP contribution in [0, 0.1) is 11.3 Å². The molecule has 4 nitrogen and oxygen atoms in total. The van der Waals surface area contributed by atoms with Crippen molar-refractivity contribution in [3.63, 3.8) is 0 Å². The molecule has 2 heterocycles. The monoisotopic (exact) mass is 268 g/mol. The largest absolute Gasteiger partial charge is 0.381 e. The molecule has 4 heteroatoms. The van der Waals surface area contributed by atoms with Gasteiger partial charge in [0.05, 0.1) is 0 Å². The number of hydrogen-bond donors (Lipinski definition) is 1. The fourth-order valence-electron chi connectivity index (χ4n) is 2.96. The van der Waals surface area contributed by atoms with E-state index in [0.29, 0.717) is 0 Å². The lowest BCUT2D eigenvalue weighted by Crippen LogP contribution is -2.46. The Morgan fingerprint density at radius 2 is 2.16 bits per heavy atom. The molecule has 0 aliphatic carbocycles. The summed E-state index contributed by atoms with van der Waals surface area (Å²) in [5, 5.41) is 3.13. The third-order valence-corrected chi connectivity index (χ3v) is 4.74. The molecule has 2 aliphatic rings. The number of nitrogens with zero attached hydrogens (tertiary/aromatic N) is 1. The van der Waals surface area contributed by atoms with Gasteiger partial charge in [-0.15, -0.1) is 0 Å². The average molecular weight is 268 g/mol. The summed E-state index contributed by atoms with van der Waals surface area (Å²) in [6.07, 6.45) is 5.41. The maximum absolute atomic E-state index is 12.3. The van der Waals surface area contributed by atoms with E-state index in [0.717, 1.165) is 58.0 Å². The van der Waals surface area contributed by atoms with E-state index in [1.54, 1.807) is 0 Å². The van der Waals surface area contributed by atoms with Gasteiger partial charge in [-0.2, -0.15) is 0 Å². The summed E-state index contributed by atoms with van der Waals surface area (Å²) < 4.78 is 5.36. The van der Waals surface area contributed by atoms with Gasteiger partial charge in [0.1, 0.15) is 0 Å². The Balaban J connectivity index is 1.63. The molecule has 2 aliphatic heterocycles. The molecule has 0 aromatic rings. The van der Waals surface area contributed by atoms with E-state index in [1.165, 1.54) is 12.8 Å². The minimum absolute atomic E-state index is 0.150. The predicted molar refractivity (Wildman–Crippen MR) is 76.0 cm³/mol. The van der Waals surface area contributed by atoms with Crippen molar-refractivity contribution in [2.75, 3.05) is 39.9 Å². The highest BCUT2D eigenvalue weighted by atomic mass is 16.5. The van der Waals surface area contributed by atoms with Gasteiger partial charge in [0.2, 0.25) is 5.91 Å². The molecule has 2 fully saturated rings. The summed E-state index contributed by atoms with van der Waals surface area (Å²) >= 11 is 0. The second-order valence-electron chi connectivity index (χ2n) is 6.49. The second-order valence-corrected chi connectivity index (χ2v) is 6.49. The molecule has 110 valence electrons. The van der Waals surface area contributed by atoms with Crippen LogP contribution in [0.5, 0.6) is 0 Å². The van der Waals surface area contributed by atoms with Crippen molar-refractivity contribution < 1.29 is 9.53 Å². The molecule has 0 aromatic heterocycles. The van der Waals surface area contributed by atoms with E-state index in [1.807, 2.05) is 0 Å². The Morgan fingerprint density at radius 1 is 1.42 bits per heavy atom. The quantitative estimate of drug-likeness (QED) is 0.771. The lowest BCUT2D eigenvalue weighted by molar-refractivity contribution is -0.132. The van der Waals surface area contributed by atoms with E-state index < -0.39 is 0 Å². The van der Waals surface area contributed by atoms with Crippen LogP contribution in [0.2, 0.25) is 0 Å². The van der Waals surface area contributed by atoms with E-state index in [2.05, 4.69) is 24.2 Å². The van der Waals surface area contributed by atoms with Gasteiger partial charge in [0.25, 0.3) is 0 Å². The molecule has 19 heavy (non-hydrogen) atoms. The van der Waals surface area contributed by atoms with E-state index >= 15 is 0 Å². The fourth-order valence-corrected chi connectivity index (χ4v) is 2.96. The maximum Gasteiger partial charge on any atom is 0.226 e. The molecule has 1 atom stereocenters. The molecule has 0 bridgehead atoms. The van der Waals surface area contributed by atoms with Crippen molar-refractivity contribution in [2.45, 2.75) is 39.0 Å². The summed E-state index contributed by atoms with van der Waals surface area (Å²) in [5.74, 6) is 0.971. The molecule has 1 N–H and O–H groups in total. The van der Waals surface area contributed by atoms with Crippen LogP contribution in [0.15, 0.2) is 0 Å². The molecule has 1 unspecified atom stereocenters. The number of piperidine rings is 1. The van der Waals surface area contributed by atoms with Gasteiger partial charge >= 0.3 is 0 Å². The van der Waals surface area contributed by atoms with Crippen LogP contribution >= 0.6 is 0 Å². The van der Waals surface area contributed by atoms with Crippen LogP contribution in [-0.2, 0) is 9.53 Å². The van der Waals surface area contributed by atoms with Gasteiger partial charge in [0, 0.05) is 25.2 Å². The van der Waals surface area contributed by atoms with Crippen LogP contribution in [0.25, 0.3) is 0 Å². The zero-order valence-electron chi connectivity index (χ0n) is 12.4. The normalized spacial score (nSPS) is 27.4. The van der Waals surface area contributed by atoms with Gasteiger partial charge in [-0.25, -0.2) is 0 Å². The highest BCUT2D eigenvalue weighted by Gasteiger charge is 2.35. The molecule has 0 radical (unpaired) electrons. The third-order valence-electron chi connectivity index (χ3n) is 4.74. The average Bonchev–Trinajstić information content (AvgIpc) is 2.91. The Labute approximate surface area is 116 Å². The molecular weight excluding hydrogens is 240 g/mol. The number of amides is 1. The van der Waals surface area contributed by atoms with Crippen LogP contribution in [-0.4, -0.2) is 50.7 Å². The highest BCUT2D eigenvalue weighted by molar-refractivity contribution is 5.82. The topological polar surface area (TPSA) is 41.6 Å². The Morgan fingerprint density at radius 3 is 2.79 bits per heavy atom. The van der Waals surface area contributed by atoms with Crippen molar-refractivity contribution in [3.05, 3.63) is 0 Å². The Hall–Kier alpha value is -0.610. The molecule has 1 amide bonds. The smallest absolute Gasteiger partial charge is 0.226 e. The lowest BCUT2D eigenvalue weighted by Gasteiger charge is -2.36. The van der Waals surface area contributed by atoms with Crippen molar-refractivity contribution in [1.82, 2.24) is 10.2 Å². The van der Waals surface area contributed by atoms with Gasteiger partial charge in [-0.05, 0) is 58.2 Å². The molecule has 2 rings (SSSR count). The van der Waals surface area contributed by atoms with Crippen molar-refractivity contribution in [1.29, 1.82) is 0 Å². The fraction of sp³-hybridized carbons (Fsp3) is 0.933. The minimum atomic E-state index is -0.150. The van der Waals surface area contributed by atoms with E-state index in [-0.39, 0.29) is 11.3 Å². The zero-order chi connectivity index (χ0) is 13.7. The number of carbonyl (C=O) groups is 1. The van der Waals surface area contributed by atoms with Gasteiger partial charge in [0.15, 0.2) is 0 Å². The van der Waals surface area contributed by atoms with Crippen molar-refractivity contribution in [2.24, 2.45) is 11.3 Å². The van der Waals surface area contributed by atoms with Crippen LogP contribution in [0.1, 0.15) is 39.0 Å². The molecular formula is C15H28N2O2.